The highest BCUT2D eigenvalue weighted by Gasteiger charge is 2.29. The third-order valence-electron chi connectivity index (χ3n) is 3.93. The van der Waals surface area contributed by atoms with Gasteiger partial charge in [0, 0.05) is 30.6 Å². The number of hydrogen-bond acceptors (Lipinski definition) is 5. The number of carboxylic acid groups (broad SMARTS) is 1. The lowest BCUT2D eigenvalue weighted by atomic mass is 9.85. The van der Waals surface area contributed by atoms with Crippen molar-refractivity contribution in [2.24, 2.45) is 0 Å². The smallest absolute Gasteiger partial charge is 0.313 e. The van der Waals surface area contributed by atoms with E-state index >= 15 is 0 Å². The van der Waals surface area contributed by atoms with E-state index in [1.165, 1.54) is 6.20 Å². The monoisotopic (exact) mass is 358 g/mol. The molecule has 0 atom stereocenters. The average Bonchev–Trinajstić information content (AvgIpc) is 2.62. The van der Waals surface area contributed by atoms with Crippen molar-refractivity contribution in [1.29, 1.82) is 0 Å². The van der Waals surface area contributed by atoms with Crippen LogP contribution in [0.4, 0.5) is 5.69 Å². The Morgan fingerprint density at radius 3 is 2.46 bits per heavy atom. The van der Waals surface area contributed by atoms with Gasteiger partial charge in [0.05, 0.1) is 12.0 Å². The molecule has 26 heavy (non-hydrogen) atoms. The minimum absolute atomic E-state index is 0.311. The number of nitrogens with one attached hydrogen (secondary N) is 1. The van der Waals surface area contributed by atoms with Gasteiger partial charge in [-0.1, -0.05) is 12.1 Å². The van der Waals surface area contributed by atoms with Crippen LogP contribution in [0.5, 0.6) is 5.88 Å². The molecule has 1 aromatic carbocycles. The summed E-state index contributed by atoms with van der Waals surface area (Å²) in [6.45, 7) is 4.03. The Morgan fingerprint density at radius 2 is 1.85 bits per heavy atom. The van der Waals surface area contributed by atoms with Gasteiger partial charge in [-0.3, -0.25) is 9.59 Å². The normalized spacial score (nSPS) is 11.0. The lowest BCUT2D eigenvalue weighted by Crippen LogP contribution is -2.28. The molecule has 0 aliphatic carbocycles. The van der Waals surface area contributed by atoms with Gasteiger partial charge in [0.25, 0.3) is 5.91 Å². The molecule has 0 spiro atoms. The second-order valence-electron chi connectivity index (χ2n) is 6.19. The molecule has 0 saturated heterocycles. The fourth-order valence-corrected chi connectivity index (χ4v) is 2.16. The Morgan fingerprint density at radius 1 is 1.15 bits per heavy atom. The van der Waals surface area contributed by atoms with Crippen LogP contribution in [0, 0.1) is 0 Å². The molecule has 7 nitrogen and oxygen atoms in total. The summed E-state index contributed by atoms with van der Waals surface area (Å²) in [6, 6.07) is 9.86. The van der Waals surface area contributed by atoms with Gasteiger partial charge in [-0.25, -0.2) is 4.98 Å². The van der Waals surface area contributed by atoms with Gasteiger partial charge < -0.3 is 19.9 Å². The molecule has 0 radical (unpaired) electrons. The van der Waals surface area contributed by atoms with Crippen LogP contribution in [0.1, 0.15) is 29.8 Å². The zero-order chi connectivity index (χ0) is 19.2. The molecule has 1 amide bonds. The highest BCUT2D eigenvalue weighted by molar-refractivity contribution is 6.04. The van der Waals surface area contributed by atoms with Crippen LogP contribution in [-0.4, -0.2) is 42.3 Å². The largest absolute Gasteiger partial charge is 0.481 e. The van der Waals surface area contributed by atoms with Crippen molar-refractivity contribution in [1.82, 2.24) is 4.98 Å². The minimum Gasteiger partial charge on any atom is -0.481 e. The molecule has 0 fully saturated rings. The lowest BCUT2D eigenvalue weighted by Gasteiger charge is -2.19. The number of carboxylic acids is 1. The van der Waals surface area contributed by atoms with Gasteiger partial charge in [-0.05, 0) is 37.6 Å². The first-order valence-corrected chi connectivity index (χ1v) is 8.07. The first-order valence-electron chi connectivity index (χ1n) is 8.07. The fourth-order valence-electron chi connectivity index (χ4n) is 2.16. The zero-order valence-corrected chi connectivity index (χ0v) is 15.0. The number of methoxy groups -OCH3 is 1. The van der Waals surface area contributed by atoms with Gasteiger partial charge >= 0.3 is 5.97 Å². The molecule has 2 aromatic rings. The maximum Gasteiger partial charge on any atom is 0.313 e. The molecule has 0 aliphatic rings. The van der Waals surface area contributed by atoms with Crippen LogP contribution < -0.4 is 10.1 Å². The number of carbonyl (C=O) groups excluding carboxylic acids is 1. The maximum atomic E-state index is 12.4. The van der Waals surface area contributed by atoms with Crippen molar-refractivity contribution in [3.8, 4) is 5.88 Å². The predicted molar refractivity (Wildman–Crippen MR) is 96.7 cm³/mol. The van der Waals surface area contributed by atoms with E-state index in [4.69, 9.17) is 9.47 Å². The molecule has 0 saturated carbocycles. The number of aliphatic carboxylic acids is 1. The van der Waals surface area contributed by atoms with Crippen LogP contribution in [0.3, 0.4) is 0 Å². The SMILES string of the molecule is COCCOc1cc(C(=O)Nc2ccc(C(C)(C)C(=O)O)cc2)ccn1. The van der Waals surface area contributed by atoms with Crippen molar-refractivity contribution in [2.75, 3.05) is 25.6 Å². The van der Waals surface area contributed by atoms with E-state index in [9.17, 15) is 14.7 Å². The standard InChI is InChI=1S/C19H22N2O5/c1-19(2,18(23)24)14-4-6-15(7-5-14)21-17(22)13-8-9-20-16(12-13)26-11-10-25-3/h4-9,12H,10-11H2,1-3H3,(H,21,22)(H,23,24). The Balaban J connectivity index is 2.06. The van der Waals surface area contributed by atoms with Gasteiger partial charge in [-0.2, -0.15) is 0 Å². The van der Waals surface area contributed by atoms with Gasteiger partial charge in [0.1, 0.15) is 6.61 Å². The molecule has 1 heterocycles. The molecular formula is C19H22N2O5. The minimum atomic E-state index is -0.998. The Kier molecular flexibility index (Phi) is 6.30. The maximum absolute atomic E-state index is 12.4. The lowest BCUT2D eigenvalue weighted by molar-refractivity contribution is -0.142. The second-order valence-corrected chi connectivity index (χ2v) is 6.19. The second kappa shape index (κ2) is 8.44. The van der Waals surface area contributed by atoms with Crippen molar-refractivity contribution in [2.45, 2.75) is 19.3 Å². The van der Waals surface area contributed by atoms with Gasteiger partial charge in [0.15, 0.2) is 0 Å². The molecule has 7 heteroatoms. The van der Waals surface area contributed by atoms with E-state index in [2.05, 4.69) is 10.3 Å². The van der Waals surface area contributed by atoms with Crippen molar-refractivity contribution < 1.29 is 24.2 Å². The highest BCUT2D eigenvalue weighted by atomic mass is 16.5. The summed E-state index contributed by atoms with van der Waals surface area (Å²) in [4.78, 5) is 27.7. The van der Waals surface area contributed by atoms with Crippen molar-refractivity contribution in [3.63, 3.8) is 0 Å². The number of amides is 1. The summed E-state index contributed by atoms with van der Waals surface area (Å²) >= 11 is 0. The van der Waals surface area contributed by atoms with Crippen molar-refractivity contribution >= 4 is 17.6 Å². The van der Waals surface area contributed by atoms with E-state index in [0.29, 0.717) is 35.9 Å². The Hall–Kier alpha value is -2.93. The van der Waals surface area contributed by atoms with E-state index < -0.39 is 11.4 Å². The number of pyridine rings is 1. The summed E-state index contributed by atoms with van der Waals surface area (Å²) in [5.74, 6) is -0.880. The summed E-state index contributed by atoms with van der Waals surface area (Å²) < 4.78 is 10.3. The number of aromatic nitrogens is 1. The topological polar surface area (TPSA) is 97.8 Å². The first kappa shape index (κ1) is 19.4. The van der Waals surface area contributed by atoms with E-state index in [1.54, 1.807) is 57.4 Å². The fraction of sp³-hybridized carbons (Fsp3) is 0.316. The molecule has 2 rings (SSSR count). The van der Waals surface area contributed by atoms with Crippen LogP contribution in [0.2, 0.25) is 0 Å². The molecule has 138 valence electrons. The molecule has 0 bridgehead atoms. The third kappa shape index (κ3) is 4.80. The Labute approximate surface area is 152 Å². The number of rotatable bonds is 8. The quantitative estimate of drug-likeness (QED) is 0.704. The Bertz CT molecular complexity index is 772. The molecule has 0 unspecified atom stereocenters. The predicted octanol–water partition coefficient (Wildman–Crippen LogP) is 2.72. The molecular weight excluding hydrogens is 336 g/mol. The summed E-state index contributed by atoms with van der Waals surface area (Å²) in [5.41, 5.74) is 0.629. The van der Waals surface area contributed by atoms with E-state index in [1.807, 2.05) is 0 Å². The molecule has 2 N–H and O–H groups in total. The van der Waals surface area contributed by atoms with Gasteiger partial charge in [-0.15, -0.1) is 0 Å². The van der Waals surface area contributed by atoms with Crippen LogP contribution >= 0.6 is 0 Å². The van der Waals surface area contributed by atoms with E-state index in [0.717, 1.165) is 0 Å². The van der Waals surface area contributed by atoms with Crippen LogP contribution in [0.25, 0.3) is 0 Å². The number of carbonyl (C=O) groups is 2. The average molecular weight is 358 g/mol. The third-order valence-corrected chi connectivity index (χ3v) is 3.93. The first-order chi connectivity index (χ1) is 12.3. The van der Waals surface area contributed by atoms with Crippen LogP contribution in [-0.2, 0) is 14.9 Å². The zero-order valence-electron chi connectivity index (χ0n) is 15.0. The highest BCUT2D eigenvalue weighted by Crippen LogP contribution is 2.25. The molecule has 0 aliphatic heterocycles. The van der Waals surface area contributed by atoms with Gasteiger partial charge in [0.2, 0.25) is 5.88 Å². The van der Waals surface area contributed by atoms with Crippen molar-refractivity contribution in [3.05, 3.63) is 53.7 Å². The van der Waals surface area contributed by atoms with E-state index in [-0.39, 0.29) is 5.91 Å². The number of benzene rings is 1. The number of ether oxygens (including phenoxy) is 2. The number of anilines is 1. The summed E-state index contributed by atoms with van der Waals surface area (Å²) in [7, 11) is 1.57. The summed E-state index contributed by atoms with van der Waals surface area (Å²) in [6.07, 6.45) is 1.50. The van der Waals surface area contributed by atoms with Crippen LogP contribution in [0.15, 0.2) is 42.6 Å². The number of nitrogens with zero attached hydrogens (tertiary/aromatic N) is 1. The summed E-state index contributed by atoms with van der Waals surface area (Å²) in [5, 5.41) is 12.0. The molecule has 1 aromatic heterocycles. The number of hydrogen-bond donors (Lipinski definition) is 2.